The van der Waals surface area contributed by atoms with Gasteiger partial charge in [-0.15, -0.1) is 0 Å². The van der Waals surface area contributed by atoms with Crippen LogP contribution in [0.25, 0.3) is 0 Å². The molecule has 1 aliphatic carbocycles. The molecule has 0 heterocycles. The summed E-state index contributed by atoms with van der Waals surface area (Å²) < 4.78 is 14.8. The lowest BCUT2D eigenvalue weighted by Gasteiger charge is -2.34. The van der Waals surface area contributed by atoms with E-state index in [0.29, 0.717) is 6.04 Å². The molecule has 0 spiro atoms. The standard InChI is InChI=1S/C11H23NO2S/c1-10(2,3)15(14)12-9-5-7-11(4,13)8-6-9/h9,12-13H,5-8H2,1-4H3/t9?,11?,15-/m0/s1. The Labute approximate surface area is 95.2 Å². The van der Waals surface area contributed by atoms with Gasteiger partial charge in [0.15, 0.2) is 0 Å². The van der Waals surface area contributed by atoms with Gasteiger partial charge in [-0.05, 0) is 53.4 Å². The Bertz CT molecular complexity index is 235. The third-order valence-corrected chi connectivity index (χ3v) is 4.55. The highest BCUT2D eigenvalue weighted by Gasteiger charge is 2.30. The van der Waals surface area contributed by atoms with E-state index in [4.69, 9.17) is 0 Å². The molecule has 1 atom stereocenters. The largest absolute Gasteiger partial charge is 0.390 e. The van der Waals surface area contributed by atoms with Crippen LogP contribution >= 0.6 is 0 Å². The summed E-state index contributed by atoms with van der Waals surface area (Å²) in [5.41, 5.74) is -0.512. The van der Waals surface area contributed by atoms with Crippen LogP contribution in [0.3, 0.4) is 0 Å². The highest BCUT2D eigenvalue weighted by atomic mass is 32.2. The minimum absolute atomic E-state index is 0.208. The Kier molecular flexibility index (Phi) is 3.95. The summed E-state index contributed by atoms with van der Waals surface area (Å²) in [7, 11) is -0.991. The summed E-state index contributed by atoms with van der Waals surface area (Å²) in [4.78, 5) is 0. The fourth-order valence-corrected chi connectivity index (χ4v) is 2.58. The molecule has 3 nitrogen and oxygen atoms in total. The molecular weight excluding hydrogens is 210 g/mol. The van der Waals surface area contributed by atoms with Crippen LogP contribution < -0.4 is 4.72 Å². The second kappa shape index (κ2) is 4.52. The van der Waals surface area contributed by atoms with Crippen molar-refractivity contribution in [1.82, 2.24) is 4.72 Å². The van der Waals surface area contributed by atoms with Crippen molar-refractivity contribution < 1.29 is 9.32 Å². The molecule has 0 aromatic carbocycles. The molecule has 4 heteroatoms. The van der Waals surface area contributed by atoms with E-state index in [9.17, 15) is 9.32 Å². The Morgan fingerprint density at radius 2 is 1.80 bits per heavy atom. The van der Waals surface area contributed by atoms with E-state index in [1.165, 1.54) is 0 Å². The lowest BCUT2D eigenvalue weighted by molar-refractivity contribution is 0.0164. The summed E-state index contributed by atoms with van der Waals surface area (Å²) in [5, 5.41) is 9.78. The van der Waals surface area contributed by atoms with Crippen LogP contribution in [0.1, 0.15) is 53.4 Å². The highest BCUT2D eigenvalue weighted by Crippen LogP contribution is 2.28. The molecule has 2 N–H and O–H groups in total. The number of nitrogens with one attached hydrogen (secondary N) is 1. The van der Waals surface area contributed by atoms with Gasteiger partial charge in [0.25, 0.3) is 0 Å². The van der Waals surface area contributed by atoms with Crippen molar-refractivity contribution in [3.63, 3.8) is 0 Å². The van der Waals surface area contributed by atoms with Gasteiger partial charge in [0.1, 0.15) is 0 Å². The second-order valence-corrected chi connectivity index (χ2v) is 7.77. The molecule has 15 heavy (non-hydrogen) atoms. The van der Waals surface area contributed by atoms with Crippen LogP contribution in [-0.4, -0.2) is 25.7 Å². The van der Waals surface area contributed by atoms with Gasteiger partial charge < -0.3 is 5.11 Å². The smallest absolute Gasteiger partial charge is 0.0972 e. The predicted octanol–water partition coefficient (Wildman–Crippen LogP) is 1.73. The van der Waals surface area contributed by atoms with Crippen molar-refractivity contribution in [2.45, 2.75) is 69.8 Å². The molecule has 0 bridgehead atoms. The van der Waals surface area contributed by atoms with Crippen LogP contribution in [-0.2, 0) is 11.0 Å². The van der Waals surface area contributed by atoms with E-state index in [1.54, 1.807) is 0 Å². The highest BCUT2D eigenvalue weighted by molar-refractivity contribution is 7.84. The monoisotopic (exact) mass is 233 g/mol. The quantitative estimate of drug-likeness (QED) is 0.763. The van der Waals surface area contributed by atoms with Gasteiger partial charge >= 0.3 is 0 Å². The Balaban J connectivity index is 2.40. The van der Waals surface area contributed by atoms with E-state index < -0.39 is 16.6 Å². The predicted molar refractivity (Wildman–Crippen MR) is 63.9 cm³/mol. The second-order valence-electron chi connectivity index (χ2n) is 5.77. The summed E-state index contributed by atoms with van der Waals surface area (Å²) in [6.45, 7) is 7.78. The van der Waals surface area contributed by atoms with Gasteiger partial charge in [0, 0.05) is 6.04 Å². The van der Waals surface area contributed by atoms with Gasteiger partial charge in [-0.25, -0.2) is 8.93 Å². The van der Waals surface area contributed by atoms with E-state index in [0.717, 1.165) is 25.7 Å². The molecule has 1 fully saturated rings. The van der Waals surface area contributed by atoms with Crippen molar-refractivity contribution >= 4 is 11.0 Å². The third-order valence-electron chi connectivity index (χ3n) is 2.89. The molecule has 0 unspecified atom stereocenters. The van der Waals surface area contributed by atoms with Gasteiger partial charge in [-0.3, -0.25) is 0 Å². The topological polar surface area (TPSA) is 49.3 Å². The van der Waals surface area contributed by atoms with E-state index >= 15 is 0 Å². The first-order valence-electron chi connectivity index (χ1n) is 5.61. The third kappa shape index (κ3) is 4.21. The molecule has 1 saturated carbocycles. The van der Waals surface area contributed by atoms with Gasteiger partial charge in [-0.2, -0.15) is 0 Å². The fraction of sp³-hybridized carbons (Fsp3) is 1.00. The van der Waals surface area contributed by atoms with Crippen LogP contribution in [0.2, 0.25) is 0 Å². The van der Waals surface area contributed by atoms with Gasteiger partial charge in [-0.1, -0.05) is 0 Å². The van der Waals surface area contributed by atoms with Crippen molar-refractivity contribution in [3.05, 3.63) is 0 Å². The maximum atomic E-state index is 11.8. The van der Waals surface area contributed by atoms with Crippen molar-refractivity contribution in [2.24, 2.45) is 0 Å². The first-order valence-corrected chi connectivity index (χ1v) is 6.76. The molecule has 0 saturated heterocycles. The lowest BCUT2D eigenvalue weighted by atomic mass is 9.84. The maximum absolute atomic E-state index is 11.8. The number of hydrogen-bond donors (Lipinski definition) is 2. The molecular formula is C11H23NO2S. The van der Waals surface area contributed by atoms with Crippen molar-refractivity contribution in [2.75, 3.05) is 0 Å². The Morgan fingerprint density at radius 3 is 2.20 bits per heavy atom. The number of rotatable bonds is 2. The molecule has 1 rings (SSSR count). The average molecular weight is 233 g/mol. The molecule has 0 amide bonds. The normalized spacial score (nSPS) is 35.1. The van der Waals surface area contributed by atoms with Crippen LogP contribution in [0, 0.1) is 0 Å². The minimum atomic E-state index is -0.991. The average Bonchev–Trinajstić information content (AvgIpc) is 2.07. The molecule has 0 aromatic heterocycles. The molecule has 90 valence electrons. The Hall–Kier alpha value is 0.0700. The minimum Gasteiger partial charge on any atom is -0.390 e. The summed E-state index contributed by atoms with van der Waals surface area (Å²) in [5.74, 6) is 0. The van der Waals surface area contributed by atoms with Crippen LogP contribution in [0.4, 0.5) is 0 Å². The summed E-state index contributed by atoms with van der Waals surface area (Å²) in [6.07, 6.45) is 3.42. The van der Waals surface area contributed by atoms with Gasteiger partial charge in [0.2, 0.25) is 0 Å². The SMILES string of the molecule is CC1(O)CCC(N[S@@](=O)C(C)(C)C)CC1. The van der Waals surface area contributed by atoms with E-state index in [-0.39, 0.29) is 4.75 Å². The zero-order valence-corrected chi connectivity index (χ0v) is 11.0. The van der Waals surface area contributed by atoms with Crippen molar-refractivity contribution in [1.29, 1.82) is 0 Å². The summed E-state index contributed by atoms with van der Waals surface area (Å²) >= 11 is 0. The Morgan fingerprint density at radius 1 is 1.33 bits per heavy atom. The number of aliphatic hydroxyl groups is 1. The summed E-state index contributed by atoms with van der Waals surface area (Å²) in [6, 6.07) is 0.297. The number of hydrogen-bond acceptors (Lipinski definition) is 2. The maximum Gasteiger partial charge on any atom is 0.0972 e. The lowest BCUT2D eigenvalue weighted by Crippen LogP contribution is -2.44. The van der Waals surface area contributed by atoms with Crippen LogP contribution in [0.5, 0.6) is 0 Å². The fourth-order valence-electron chi connectivity index (χ4n) is 1.69. The molecule has 1 aliphatic rings. The van der Waals surface area contributed by atoms with Gasteiger partial charge in [0.05, 0.1) is 21.3 Å². The molecule has 0 aliphatic heterocycles. The zero-order chi connectivity index (χ0) is 11.7. The van der Waals surface area contributed by atoms with Crippen molar-refractivity contribution in [3.8, 4) is 0 Å². The molecule has 0 radical (unpaired) electrons. The van der Waals surface area contributed by atoms with Crippen LogP contribution in [0.15, 0.2) is 0 Å². The zero-order valence-electron chi connectivity index (χ0n) is 10.2. The van der Waals surface area contributed by atoms with E-state index in [2.05, 4.69) is 4.72 Å². The molecule has 0 aromatic rings. The first-order chi connectivity index (χ1) is 6.71. The first kappa shape index (κ1) is 13.1. The van der Waals surface area contributed by atoms with E-state index in [1.807, 2.05) is 27.7 Å².